The lowest BCUT2D eigenvalue weighted by atomic mass is 10.2. The van der Waals surface area contributed by atoms with Crippen LogP contribution in [0, 0.1) is 12.7 Å². The molecule has 0 unspecified atom stereocenters. The Labute approximate surface area is 176 Å². The molecule has 2 N–H and O–H groups in total. The zero-order valence-corrected chi connectivity index (χ0v) is 16.7. The zero-order valence-electron chi connectivity index (χ0n) is 16.7. The molecule has 4 aromatic rings. The Morgan fingerprint density at radius 2 is 1.97 bits per heavy atom. The number of pyridine rings is 1. The van der Waals surface area contributed by atoms with Crippen LogP contribution in [0.15, 0.2) is 60.8 Å². The van der Waals surface area contributed by atoms with Crippen LogP contribution >= 0.6 is 0 Å². The van der Waals surface area contributed by atoms with E-state index >= 15 is 0 Å². The number of carbonyl (C=O) groups is 1. The predicted molar refractivity (Wildman–Crippen MR) is 112 cm³/mol. The molecule has 31 heavy (non-hydrogen) atoms. The van der Waals surface area contributed by atoms with Crippen molar-refractivity contribution in [2.75, 3.05) is 17.7 Å². The van der Waals surface area contributed by atoms with Crippen LogP contribution in [0.3, 0.4) is 0 Å². The summed E-state index contributed by atoms with van der Waals surface area (Å²) >= 11 is 0. The molecule has 0 radical (unpaired) electrons. The number of benzene rings is 2. The molecule has 2 heterocycles. The second-order valence-electron chi connectivity index (χ2n) is 6.51. The van der Waals surface area contributed by atoms with Gasteiger partial charge in [0, 0.05) is 17.6 Å². The molecular weight excluding hydrogens is 401 g/mol. The zero-order chi connectivity index (χ0) is 21.8. The minimum Gasteiger partial charge on any atom is -0.494 e. The number of nitrogens with one attached hydrogen (secondary N) is 2. The first kappa shape index (κ1) is 20.0. The summed E-state index contributed by atoms with van der Waals surface area (Å²) in [4.78, 5) is 17.2. The normalized spacial score (nSPS) is 10.5. The first-order valence-electron chi connectivity index (χ1n) is 9.27. The number of aromatic nitrogens is 5. The predicted octanol–water partition coefficient (Wildman–Crippen LogP) is 3.51. The maximum absolute atomic E-state index is 13.5. The Balaban J connectivity index is 1.61. The number of halogens is 1. The summed E-state index contributed by atoms with van der Waals surface area (Å²) in [6.07, 6.45) is 1.55. The molecule has 0 fully saturated rings. The molecule has 0 bridgehead atoms. The van der Waals surface area contributed by atoms with Crippen LogP contribution < -0.4 is 15.4 Å². The van der Waals surface area contributed by atoms with Gasteiger partial charge in [-0.05, 0) is 65.9 Å². The number of ether oxygens (including phenoxy) is 1. The summed E-state index contributed by atoms with van der Waals surface area (Å²) in [6.45, 7) is 1.75. The fourth-order valence-electron chi connectivity index (χ4n) is 2.98. The largest absolute Gasteiger partial charge is 0.494 e. The highest BCUT2D eigenvalue weighted by Gasteiger charge is 2.16. The van der Waals surface area contributed by atoms with E-state index in [9.17, 15) is 9.18 Å². The van der Waals surface area contributed by atoms with Crippen LogP contribution in [0.1, 0.15) is 16.2 Å². The van der Waals surface area contributed by atoms with Gasteiger partial charge in [0.2, 0.25) is 0 Å². The van der Waals surface area contributed by atoms with Gasteiger partial charge in [0.25, 0.3) is 5.91 Å². The molecule has 0 atom stereocenters. The second kappa shape index (κ2) is 8.57. The molecular formula is C21H18FN7O2. The number of methoxy groups -OCH3 is 1. The van der Waals surface area contributed by atoms with Crippen molar-refractivity contribution in [3.8, 4) is 11.4 Å². The molecule has 0 aliphatic heterocycles. The minimum atomic E-state index is -0.393. The van der Waals surface area contributed by atoms with E-state index in [2.05, 4.69) is 31.1 Å². The van der Waals surface area contributed by atoms with Crippen molar-refractivity contribution < 1.29 is 13.9 Å². The third kappa shape index (κ3) is 4.32. The van der Waals surface area contributed by atoms with Crippen molar-refractivity contribution in [1.82, 2.24) is 25.2 Å². The molecule has 156 valence electrons. The van der Waals surface area contributed by atoms with E-state index < -0.39 is 11.7 Å². The SMILES string of the molecule is COc1ccc(NC(=O)c2cccnc2Nc2cccc(F)c2)cc1-n1nnnc1C. The number of tetrazole rings is 1. The number of anilines is 3. The Bertz CT molecular complexity index is 1240. The lowest BCUT2D eigenvalue weighted by Gasteiger charge is -2.13. The molecule has 1 amide bonds. The lowest BCUT2D eigenvalue weighted by molar-refractivity contribution is 0.102. The van der Waals surface area contributed by atoms with Crippen LogP contribution in [0.5, 0.6) is 5.75 Å². The first-order chi connectivity index (χ1) is 15.0. The number of rotatable bonds is 6. The van der Waals surface area contributed by atoms with Crippen LogP contribution in [-0.4, -0.2) is 38.2 Å². The smallest absolute Gasteiger partial charge is 0.259 e. The third-order valence-electron chi connectivity index (χ3n) is 4.43. The van der Waals surface area contributed by atoms with Gasteiger partial charge < -0.3 is 15.4 Å². The van der Waals surface area contributed by atoms with Crippen molar-refractivity contribution in [2.24, 2.45) is 0 Å². The number of carbonyl (C=O) groups excluding carboxylic acids is 1. The lowest BCUT2D eigenvalue weighted by Crippen LogP contribution is -2.15. The van der Waals surface area contributed by atoms with Gasteiger partial charge in [0.1, 0.15) is 23.1 Å². The van der Waals surface area contributed by atoms with Gasteiger partial charge in [-0.1, -0.05) is 6.07 Å². The van der Waals surface area contributed by atoms with Crippen molar-refractivity contribution in [3.05, 3.63) is 78.0 Å². The molecule has 0 aliphatic carbocycles. The topological polar surface area (TPSA) is 107 Å². The van der Waals surface area contributed by atoms with Gasteiger partial charge in [-0.2, -0.15) is 4.68 Å². The number of hydrogen-bond acceptors (Lipinski definition) is 7. The molecule has 2 aromatic heterocycles. The first-order valence-corrected chi connectivity index (χ1v) is 9.27. The van der Waals surface area contributed by atoms with E-state index in [4.69, 9.17) is 4.74 Å². The fraction of sp³-hybridized carbons (Fsp3) is 0.0952. The van der Waals surface area contributed by atoms with Crippen molar-refractivity contribution in [1.29, 1.82) is 0 Å². The average molecular weight is 419 g/mol. The number of hydrogen-bond donors (Lipinski definition) is 2. The Morgan fingerprint density at radius 1 is 1.10 bits per heavy atom. The highest BCUT2D eigenvalue weighted by Crippen LogP contribution is 2.27. The Hall–Kier alpha value is -4.34. The molecule has 0 saturated carbocycles. The van der Waals surface area contributed by atoms with E-state index in [1.807, 2.05) is 0 Å². The number of aryl methyl sites for hydroxylation is 1. The molecule has 0 aliphatic rings. The van der Waals surface area contributed by atoms with Gasteiger partial charge in [0.05, 0.1) is 12.7 Å². The summed E-state index contributed by atoms with van der Waals surface area (Å²) in [5, 5.41) is 17.3. The molecule has 10 heteroatoms. The molecule has 0 saturated heterocycles. The van der Waals surface area contributed by atoms with E-state index in [-0.39, 0.29) is 0 Å². The van der Waals surface area contributed by atoms with Crippen LogP contribution in [-0.2, 0) is 0 Å². The number of nitrogens with zero attached hydrogens (tertiary/aromatic N) is 5. The highest BCUT2D eigenvalue weighted by molar-refractivity contribution is 6.08. The highest BCUT2D eigenvalue weighted by atomic mass is 19.1. The van der Waals surface area contributed by atoms with Gasteiger partial charge in [-0.15, -0.1) is 5.10 Å². The van der Waals surface area contributed by atoms with Crippen LogP contribution in [0.4, 0.5) is 21.6 Å². The summed E-state index contributed by atoms with van der Waals surface area (Å²) in [5.41, 5.74) is 1.86. The van der Waals surface area contributed by atoms with Crippen LogP contribution in [0.25, 0.3) is 5.69 Å². The molecule has 4 rings (SSSR count). The van der Waals surface area contributed by atoms with Crippen molar-refractivity contribution in [2.45, 2.75) is 6.92 Å². The van der Waals surface area contributed by atoms with E-state index in [1.54, 1.807) is 55.6 Å². The van der Waals surface area contributed by atoms with Crippen molar-refractivity contribution >= 4 is 23.1 Å². The Kier molecular flexibility index (Phi) is 5.52. The molecule has 9 nitrogen and oxygen atoms in total. The monoisotopic (exact) mass is 419 g/mol. The van der Waals surface area contributed by atoms with Gasteiger partial charge in [-0.25, -0.2) is 9.37 Å². The van der Waals surface area contributed by atoms with E-state index in [0.29, 0.717) is 40.0 Å². The molecule has 2 aromatic carbocycles. The fourth-order valence-corrected chi connectivity index (χ4v) is 2.98. The van der Waals surface area contributed by atoms with Gasteiger partial charge in [0.15, 0.2) is 5.82 Å². The summed E-state index contributed by atoms with van der Waals surface area (Å²) < 4.78 is 20.4. The maximum Gasteiger partial charge on any atom is 0.259 e. The Morgan fingerprint density at radius 3 is 2.71 bits per heavy atom. The maximum atomic E-state index is 13.5. The molecule has 0 spiro atoms. The quantitative estimate of drug-likeness (QED) is 0.492. The van der Waals surface area contributed by atoms with Gasteiger partial charge in [-0.3, -0.25) is 4.79 Å². The summed E-state index contributed by atoms with van der Waals surface area (Å²) in [5.74, 6) is 0.627. The number of amides is 1. The average Bonchev–Trinajstić information content (AvgIpc) is 3.20. The van der Waals surface area contributed by atoms with Crippen molar-refractivity contribution in [3.63, 3.8) is 0 Å². The second-order valence-corrected chi connectivity index (χ2v) is 6.51. The van der Waals surface area contributed by atoms with Crippen LogP contribution in [0.2, 0.25) is 0 Å². The van der Waals surface area contributed by atoms with E-state index in [1.165, 1.54) is 23.9 Å². The van der Waals surface area contributed by atoms with Gasteiger partial charge >= 0.3 is 0 Å². The summed E-state index contributed by atoms with van der Waals surface area (Å²) in [7, 11) is 1.54. The standard InChI is InChI=1S/C21H18FN7O2/c1-13-26-27-28-29(13)18-12-16(8-9-19(18)31-2)25-21(30)17-7-4-10-23-20(17)24-15-6-3-5-14(22)11-15/h3-12H,1-2H3,(H,23,24)(H,25,30). The van der Waals surface area contributed by atoms with E-state index in [0.717, 1.165) is 0 Å². The third-order valence-corrected chi connectivity index (χ3v) is 4.43. The minimum absolute atomic E-state index is 0.294. The summed E-state index contributed by atoms with van der Waals surface area (Å²) in [6, 6.07) is 14.3.